The number of halogens is 3. The summed E-state index contributed by atoms with van der Waals surface area (Å²) in [4.78, 5) is 0. The van der Waals surface area contributed by atoms with Gasteiger partial charge in [0.15, 0.2) is 0 Å². The minimum atomic E-state index is -0.423. The highest BCUT2D eigenvalue weighted by molar-refractivity contribution is 6.30. The average molecular weight is 453 g/mol. The molecule has 0 amide bonds. The Hall–Kier alpha value is -2.19. The molecule has 0 atom stereocenters. The van der Waals surface area contributed by atoms with Crippen molar-refractivity contribution in [1.82, 2.24) is 0 Å². The molecule has 0 nitrogen and oxygen atoms in total. The van der Waals surface area contributed by atoms with Gasteiger partial charge in [0.05, 0.1) is 5.02 Å². The van der Waals surface area contributed by atoms with Crippen molar-refractivity contribution in [2.24, 2.45) is 5.92 Å². The fourth-order valence-corrected chi connectivity index (χ4v) is 5.03. The van der Waals surface area contributed by atoms with Crippen LogP contribution < -0.4 is 0 Å². The summed E-state index contributed by atoms with van der Waals surface area (Å²) in [6.07, 6.45) is 8.24. The molecule has 1 saturated carbocycles. The quantitative estimate of drug-likeness (QED) is 0.336. The van der Waals surface area contributed by atoms with E-state index >= 15 is 0 Å². The molecular weight excluding hydrogens is 422 g/mol. The second-order valence-corrected chi connectivity index (χ2v) is 9.75. The molecule has 0 radical (unpaired) electrons. The first kappa shape index (κ1) is 23.0. The summed E-state index contributed by atoms with van der Waals surface area (Å²) in [6.45, 7) is 2.14. The third kappa shape index (κ3) is 5.98. The van der Waals surface area contributed by atoms with Crippen molar-refractivity contribution in [2.75, 3.05) is 0 Å². The molecule has 4 rings (SSSR count). The van der Waals surface area contributed by atoms with Crippen molar-refractivity contribution < 1.29 is 8.78 Å². The van der Waals surface area contributed by atoms with E-state index in [4.69, 9.17) is 11.6 Å². The van der Waals surface area contributed by atoms with Crippen LogP contribution in [0.3, 0.4) is 0 Å². The van der Waals surface area contributed by atoms with E-state index in [0.29, 0.717) is 24.3 Å². The van der Waals surface area contributed by atoms with Crippen LogP contribution >= 0.6 is 11.6 Å². The predicted octanol–water partition coefficient (Wildman–Crippen LogP) is 8.62. The lowest BCUT2D eigenvalue weighted by molar-refractivity contribution is 0.310. The molecule has 3 heteroatoms. The van der Waals surface area contributed by atoms with Gasteiger partial charge >= 0.3 is 0 Å². The molecule has 1 aliphatic carbocycles. The van der Waals surface area contributed by atoms with E-state index in [2.05, 4.69) is 37.3 Å². The van der Waals surface area contributed by atoms with E-state index in [1.807, 2.05) is 6.07 Å². The highest BCUT2D eigenvalue weighted by atomic mass is 35.5. The number of aryl methyl sites for hydroxylation is 4. The van der Waals surface area contributed by atoms with Crippen molar-refractivity contribution in [1.29, 1.82) is 0 Å². The zero-order valence-electron chi connectivity index (χ0n) is 18.7. The van der Waals surface area contributed by atoms with Crippen molar-refractivity contribution in [3.63, 3.8) is 0 Å². The van der Waals surface area contributed by atoms with Crippen LogP contribution in [0, 0.1) is 24.5 Å². The third-order valence-corrected chi connectivity index (χ3v) is 7.33. The Kier molecular flexibility index (Phi) is 7.63. The fourth-order valence-electron chi connectivity index (χ4n) is 4.92. The molecule has 1 aliphatic rings. The Morgan fingerprint density at radius 2 is 1.41 bits per heavy atom. The molecule has 168 valence electrons. The van der Waals surface area contributed by atoms with Crippen molar-refractivity contribution in [3.8, 4) is 0 Å². The Bertz CT molecular complexity index is 1030. The van der Waals surface area contributed by atoms with Gasteiger partial charge in [-0.1, -0.05) is 59.6 Å². The molecule has 0 N–H and O–H groups in total. The molecule has 3 aromatic carbocycles. The number of benzene rings is 3. The van der Waals surface area contributed by atoms with Gasteiger partial charge in [0.2, 0.25) is 0 Å². The summed E-state index contributed by atoms with van der Waals surface area (Å²) in [5.41, 5.74) is 5.39. The minimum Gasteiger partial charge on any atom is -0.207 e. The van der Waals surface area contributed by atoms with Gasteiger partial charge in [0.25, 0.3) is 0 Å². The summed E-state index contributed by atoms with van der Waals surface area (Å²) in [7, 11) is 0. The van der Waals surface area contributed by atoms with E-state index in [1.165, 1.54) is 42.9 Å². The van der Waals surface area contributed by atoms with Crippen molar-refractivity contribution >= 4 is 11.6 Å². The molecule has 0 spiro atoms. The van der Waals surface area contributed by atoms with E-state index in [1.54, 1.807) is 18.2 Å². The average Bonchev–Trinajstić information content (AvgIpc) is 2.80. The summed E-state index contributed by atoms with van der Waals surface area (Å²) in [5.74, 6) is 0.852. The van der Waals surface area contributed by atoms with Crippen LogP contribution in [0.4, 0.5) is 8.78 Å². The number of rotatable bonds is 7. The molecule has 0 heterocycles. The zero-order valence-corrected chi connectivity index (χ0v) is 19.5. The van der Waals surface area contributed by atoms with E-state index in [9.17, 15) is 8.78 Å². The molecule has 32 heavy (non-hydrogen) atoms. The standard InChI is InChI=1S/C29H31ClF2/c1-20-2-11-24(12-3-20)25-13-6-21(7-14-25)4-5-22-8-15-26(28(31)18-22)16-9-23-10-17-27(30)29(32)19-23/h2-3,8,10-12,15,17-19,21,25H,4-7,9,13-14,16H2,1H3/t21-,25-. The molecule has 1 fully saturated rings. The molecule has 0 unspecified atom stereocenters. The van der Waals surface area contributed by atoms with E-state index < -0.39 is 5.82 Å². The van der Waals surface area contributed by atoms with Crippen LogP contribution in [-0.4, -0.2) is 0 Å². The van der Waals surface area contributed by atoms with Gasteiger partial charge in [-0.15, -0.1) is 0 Å². The van der Waals surface area contributed by atoms with Crippen LogP contribution in [0.2, 0.25) is 5.02 Å². The van der Waals surface area contributed by atoms with E-state index in [-0.39, 0.29) is 10.8 Å². The van der Waals surface area contributed by atoms with Gasteiger partial charge in [-0.2, -0.15) is 0 Å². The summed E-state index contributed by atoms with van der Waals surface area (Å²) in [6, 6.07) is 19.4. The molecule has 0 saturated heterocycles. The second kappa shape index (κ2) is 10.6. The Morgan fingerprint density at radius 3 is 2.09 bits per heavy atom. The van der Waals surface area contributed by atoms with Crippen LogP contribution in [0.1, 0.15) is 65.8 Å². The minimum absolute atomic E-state index is 0.118. The molecule has 0 aliphatic heterocycles. The second-order valence-electron chi connectivity index (χ2n) is 9.34. The van der Waals surface area contributed by atoms with Crippen molar-refractivity contribution in [3.05, 3.63) is 105 Å². The largest absolute Gasteiger partial charge is 0.207 e. The topological polar surface area (TPSA) is 0 Å². The van der Waals surface area contributed by atoms with Gasteiger partial charge < -0.3 is 0 Å². The SMILES string of the molecule is Cc1ccc([C@H]2CC[C@H](CCc3ccc(CCc4ccc(Cl)c(F)c4)c(F)c3)CC2)cc1. The Balaban J connectivity index is 1.25. The molecular formula is C29H31ClF2. The van der Waals surface area contributed by atoms with Gasteiger partial charge in [0, 0.05) is 0 Å². The highest BCUT2D eigenvalue weighted by Crippen LogP contribution is 2.37. The van der Waals surface area contributed by atoms with E-state index in [0.717, 1.165) is 29.9 Å². The normalized spacial score (nSPS) is 18.6. The Labute approximate surface area is 195 Å². The first-order chi connectivity index (χ1) is 15.5. The number of hydrogen-bond donors (Lipinski definition) is 0. The molecule has 0 bridgehead atoms. The van der Waals surface area contributed by atoms with Gasteiger partial charge in [0.1, 0.15) is 11.6 Å². The lowest BCUT2D eigenvalue weighted by Crippen LogP contribution is -2.14. The van der Waals surface area contributed by atoms with Crippen LogP contribution in [-0.2, 0) is 19.3 Å². The highest BCUT2D eigenvalue weighted by Gasteiger charge is 2.22. The summed E-state index contributed by atoms with van der Waals surface area (Å²) < 4.78 is 28.2. The van der Waals surface area contributed by atoms with Gasteiger partial charge in [-0.3, -0.25) is 0 Å². The van der Waals surface area contributed by atoms with Crippen LogP contribution in [0.25, 0.3) is 0 Å². The third-order valence-electron chi connectivity index (χ3n) is 7.02. The van der Waals surface area contributed by atoms with Crippen LogP contribution in [0.15, 0.2) is 60.7 Å². The smallest absolute Gasteiger partial charge is 0.142 e. The van der Waals surface area contributed by atoms with Gasteiger partial charge in [-0.05, 0) is 111 Å². The lowest BCUT2D eigenvalue weighted by Gasteiger charge is -2.29. The van der Waals surface area contributed by atoms with Gasteiger partial charge in [-0.25, -0.2) is 8.78 Å². The first-order valence-corrected chi connectivity index (χ1v) is 12.1. The van der Waals surface area contributed by atoms with Crippen molar-refractivity contribution in [2.45, 2.75) is 64.2 Å². The fraction of sp³-hybridized carbons (Fsp3) is 0.379. The molecule has 0 aromatic heterocycles. The Morgan fingerprint density at radius 1 is 0.750 bits per heavy atom. The maximum absolute atomic E-state index is 14.6. The first-order valence-electron chi connectivity index (χ1n) is 11.8. The maximum Gasteiger partial charge on any atom is 0.142 e. The maximum atomic E-state index is 14.6. The monoisotopic (exact) mass is 452 g/mol. The molecule has 3 aromatic rings. The summed E-state index contributed by atoms with van der Waals surface area (Å²) >= 11 is 5.73. The zero-order chi connectivity index (χ0) is 22.5. The lowest BCUT2D eigenvalue weighted by atomic mass is 9.77. The summed E-state index contributed by atoms with van der Waals surface area (Å²) in [5, 5.41) is 0.118. The van der Waals surface area contributed by atoms with Crippen LogP contribution in [0.5, 0.6) is 0 Å². The number of hydrogen-bond acceptors (Lipinski definition) is 0. The predicted molar refractivity (Wildman–Crippen MR) is 129 cm³/mol.